The standard InChI is InChI=1S/C14H5F3/c15-9-6-11-10(13(17)7-9)5-4-8-2-1-3-12(16)14(8)11/h2-6H. The second kappa shape index (κ2) is 3.48. The van der Waals surface area contributed by atoms with E-state index in [2.05, 4.69) is 6.07 Å². The molecule has 0 heterocycles. The summed E-state index contributed by atoms with van der Waals surface area (Å²) >= 11 is 0. The van der Waals surface area contributed by atoms with Crippen LogP contribution in [0.25, 0.3) is 21.5 Å². The zero-order valence-corrected chi connectivity index (χ0v) is 8.52. The van der Waals surface area contributed by atoms with Crippen LogP contribution >= 0.6 is 0 Å². The van der Waals surface area contributed by atoms with E-state index in [9.17, 15) is 13.2 Å². The minimum Gasteiger partial charge on any atom is -0.206 e. The van der Waals surface area contributed by atoms with E-state index in [1.807, 2.05) is 6.07 Å². The Kier molecular flexibility index (Phi) is 2.08. The van der Waals surface area contributed by atoms with E-state index in [0.29, 0.717) is 5.39 Å². The van der Waals surface area contributed by atoms with Crippen molar-refractivity contribution in [1.82, 2.24) is 0 Å². The summed E-state index contributed by atoms with van der Waals surface area (Å²) in [6.45, 7) is 0. The predicted molar refractivity (Wildman–Crippen MR) is 59.0 cm³/mol. The minimum absolute atomic E-state index is 0.156. The van der Waals surface area contributed by atoms with Crippen LogP contribution in [0.15, 0.2) is 30.3 Å². The molecule has 0 atom stereocenters. The summed E-state index contributed by atoms with van der Waals surface area (Å²) in [4.78, 5) is 0. The van der Waals surface area contributed by atoms with Gasteiger partial charge in [0.05, 0.1) is 6.07 Å². The normalized spacial score (nSPS) is 11.2. The third-order valence-electron chi connectivity index (χ3n) is 2.70. The molecule has 0 amide bonds. The van der Waals surface area contributed by atoms with E-state index >= 15 is 0 Å². The van der Waals surface area contributed by atoms with Crippen molar-refractivity contribution in [1.29, 1.82) is 0 Å². The number of halogens is 3. The Morgan fingerprint density at radius 2 is 1.76 bits per heavy atom. The largest absolute Gasteiger partial charge is 0.206 e. The lowest BCUT2D eigenvalue weighted by atomic mass is 10.0. The summed E-state index contributed by atoms with van der Waals surface area (Å²) in [7, 11) is 0. The molecule has 0 spiro atoms. The molecular formula is C14H5F3. The Balaban J connectivity index is 2.63. The molecule has 0 N–H and O–H groups in total. The van der Waals surface area contributed by atoms with Crippen molar-refractivity contribution < 1.29 is 13.2 Å². The van der Waals surface area contributed by atoms with Crippen LogP contribution in [0.1, 0.15) is 0 Å². The Labute approximate surface area is 95.3 Å². The maximum Gasteiger partial charge on any atom is 0.142 e. The Morgan fingerprint density at radius 1 is 0.941 bits per heavy atom. The lowest BCUT2D eigenvalue weighted by Crippen LogP contribution is -1.88. The van der Waals surface area contributed by atoms with Crippen LogP contribution in [-0.2, 0) is 0 Å². The van der Waals surface area contributed by atoms with Crippen LogP contribution in [0.4, 0.5) is 13.2 Å². The van der Waals surface area contributed by atoms with E-state index < -0.39 is 17.5 Å². The third-order valence-corrected chi connectivity index (χ3v) is 2.70. The quantitative estimate of drug-likeness (QED) is 0.512. The number of hydrogen-bond acceptors (Lipinski definition) is 0. The van der Waals surface area contributed by atoms with E-state index in [4.69, 9.17) is 0 Å². The molecule has 0 aliphatic carbocycles. The Hall–Kier alpha value is -2.03. The summed E-state index contributed by atoms with van der Waals surface area (Å²) in [6, 6.07) is 11.4. The van der Waals surface area contributed by atoms with Gasteiger partial charge >= 0.3 is 0 Å². The molecule has 3 heteroatoms. The lowest BCUT2D eigenvalue weighted by molar-refractivity contribution is 0.588. The van der Waals surface area contributed by atoms with Crippen molar-refractivity contribution >= 4 is 21.5 Å². The lowest BCUT2D eigenvalue weighted by Gasteiger charge is -2.05. The number of benzene rings is 3. The van der Waals surface area contributed by atoms with E-state index in [-0.39, 0.29) is 16.2 Å². The first kappa shape index (κ1) is 10.1. The molecule has 0 nitrogen and oxygen atoms in total. The van der Waals surface area contributed by atoms with Gasteiger partial charge in [-0.15, -0.1) is 0 Å². The molecule has 17 heavy (non-hydrogen) atoms. The highest BCUT2D eigenvalue weighted by molar-refractivity contribution is 6.07. The number of hydrogen-bond donors (Lipinski definition) is 0. The monoisotopic (exact) mass is 230 g/mol. The van der Waals surface area contributed by atoms with Gasteiger partial charge in [-0.05, 0) is 35.0 Å². The average Bonchev–Trinajstić information content (AvgIpc) is 2.28. The van der Waals surface area contributed by atoms with Crippen molar-refractivity contribution in [3.05, 3.63) is 59.9 Å². The summed E-state index contributed by atoms with van der Waals surface area (Å²) < 4.78 is 40.3. The fourth-order valence-corrected chi connectivity index (χ4v) is 1.98. The van der Waals surface area contributed by atoms with Crippen LogP contribution in [0.2, 0.25) is 0 Å². The maximum atomic E-state index is 13.7. The summed E-state index contributed by atoms with van der Waals surface area (Å²) in [5, 5.41) is 1.13. The van der Waals surface area contributed by atoms with Gasteiger partial charge in [0.15, 0.2) is 0 Å². The molecule has 0 aliphatic rings. The first-order valence-electron chi connectivity index (χ1n) is 4.96. The molecule has 0 aliphatic heterocycles. The van der Waals surface area contributed by atoms with Crippen LogP contribution in [0.5, 0.6) is 0 Å². The van der Waals surface area contributed by atoms with Gasteiger partial charge in [0, 0.05) is 10.8 Å². The van der Waals surface area contributed by atoms with Crippen molar-refractivity contribution in [2.24, 2.45) is 0 Å². The van der Waals surface area contributed by atoms with Crippen LogP contribution < -0.4 is 0 Å². The van der Waals surface area contributed by atoms with Gasteiger partial charge in [0.25, 0.3) is 0 Å². The third kappa shape index (κ3) is 1.46. The number of fused-ring (bicyclic) bond motifs is 3. The molecule has 0 saturated heterocycles. The van der Waals surface area contributed by atoms with Gasteiger partial charge in [0.2, 0.25) is 0 Å². The van der Waals surface area contributed by atoms with Gasteiger partial charge in [-0.3, -0.25) is 0 Å². The summed E-state index contributed by atoms with van der Waals surface area (Å²) in [5.41, 5.74) is 0. The fraction of sp³-hybridized carbons (Fsp3) is 0. The molecule has 82 valence electrons. The summed E-state index contributed by atoms with van der Waals surface area (Å²) in [5.74, 6) is -2.19. The van der Waals surface area contributed by atoms with Gasteiger partial charge in [0.1, 0.15) is 17.5 Å². The molecular weight excluding hydrogens is 225 g/mol. The van der Waals surface area contributed by atoms with Gasteiger partial charge in [-0.2, -0.15) is 0 Å². The highest BCUT2D eigenvalue weighted by Gasteiger charge is 2.10. The molecule has 3 rings (SSSR count). The zero-order valence-electron chi connectivity index (χ0n) is 8.52. The minimum atomic E-state index is -0.838. The average molecular weight is 230 g/mol. The second-order valence-electron chi connectivity index (χ2n) is 3.73. The summed E-state index contributed by atoms with van der Waals surface area (Å²) in [6.07, 6.45) is 0. The zero-order chi connectivity index (χ0) is 12.0. The Bertz CT molecular complexity index is 732. The molecule has 0 bridgehead atoms. The molecule has 0 fully saturated rings. The fourth-order valence-electron chi connectivity index (χ4n) is 1.98. The molecule has 2 radical (unpaired) electrons. The molecule has 0 aromatic heterocycles. The van der Waals surface area contributed by atoms with Crippen molar-refractivity contribution in [2.75, 3.05) is 0 Å². The van der Waals surface area contributed by atoms with Gasteiger partial charge in [-0.1, -0.05) is 12.1 Å². The van der Waals surface area contributed by atoms with E-state index in [0.717, 1.165) is 12.1 Å². The molecule has 0 saturated carbocycles. The van der Waals surface area contributed by atoms with Crippen LogP contribution in [0, 0.1) is 29.6 Å². The van der Waals surface area contributed by atoms with Crippen LogP contribution in [-0.4, -0.2) is 0 Å². The second-order valence-corrected chi connectivity index (χ2v) is 3.73. The first-order valence-corrected chi connectivity index (χ1v) is 4.96. The highest BCUT2D eigenvalue weighted by atomic mass is 19.1. The highest BCUT2D eigenvalue weighted by Crippen LogP contribution is 2.29. The molecule has 3 aromatic carbocycles. The van der Waals surface area contributed by atoms with Crippen LogP contribution in [0.3, 0.4) is 0 Å². The SMILES string of the molecule is Fc1[c]c(F)c2ccc3c[c]cc(F)c3c2c1. The topological polar surface area (TPSA) is 0 Å². The van der Waals surface area contributed by atoms with Gasteiger partial charge < -0.3 is 0 Å². The smallest absolute Gasteiger partial charge is 0.142 e. The van der Waals surface area contributed by atoms with Gasteiger partial charge in [-0.25, -0.2) is 13.2 Å². The van der Waals surface area contributed by atoms with Crippen molar-refractivity contribution in [3.63, 3.8) is 0 Å². The van der Waals surface area contributed by atoms with Crippen molar-refractivity contribution in [3.8, 4) is 0 Å². The molecule has 3 aromatic rings. The van der Waals surface area contributed by atoms with E-state index in [1.54, 1.807) is 12.1 Å². The number of rotatable bonds is 0. The molecule has 0 unspecified atom stereocenters. The first-order chi connectivity index (χ1) is 8.16. The maximum absolute atomic E-state index is 13.7. The van der Waals surface area contributed by atoms with Crippen molar-refractivity contribution in [2.45, 2.75) is 0 Å². The predicted octanol–water partition coefficient (Wildman–Crippen LogP) is 4.01. The Morgan fingerprint density at radius 3 is 2.59 bits per heavy atom. The van der Waals surface area contributed by atoms with E-state index in [1.165, 1.54) is 6.07 Å².